The van der Waals surface area contributed by atoms with Crippen LogP contribution >= 0.6 is 15.9 Å². The summed E-state index contributed by atoms with van der Waals surface area (Å²) in [4.78, 5) is 20.1. The number of nitrogens with one attached hydrogen (secondary N) is 1. The van der Waals surface area contributed by atoms with Gasteiger partial charge in [0.05, 0.1) is 10.9 Å². The van der Waals surface area contributed by atoms with Gasteiger partial charge in [0.15, 0.2) is 0 Å². The quantitative estimate of drug-likeness (QED) is 0.796. The molecule has 1 fully saturated rings. The first kappa shape index (κ1) is 14.8. The van der Waals surface area contributed by atoms with Gasteiger partial charge in [-0.15, -0.1) is 0 Å². The monoisotopic (exact) mass is 348 g/mol. The van der Waals surface area contributed by atoms with Crippen LogP contribution in [0.2, 0.25) is 0 Å². The standard InChI is InChI=1S/C17H21BrN2O/c18-13-9-10-15-14(11-13)17(21)20-16(19-15)12-7-5-3-1-2-4-6-8-12/h9-12H,1-8H2,(H,19,20,21). The van der Waals surface area contributed by atoms with Crippen LogP contribution < -0.4 is 5.56 Å². The normalized spacial score (nSPS) is 18.1. The van der Waals surface area contributed by atoms with Crippen molar-refractivity contribution < 1.29 is 0 Å². The Morgan fingerprint density at radius 2 is 1.71 bits per heavy atom. The number of nitrogens with zero attached hydrogens (tertiary/aromatic N) is 1. The van der Waals surface area contributed by atoms with E-state index in [0.717, 1.165) is 28.7 Å². The predicted octanol–water partition coefficient (Wildman–Crippen LogP) is 4.90. The van der Waals surface area contributed by atoms with Gasteiger partial charge in [-0.3, -0.25) is 4.79 Å². The SMILES string of the molecule is O=c1[nH]c(C2CCCCCCCC2)nc2ccc(Br)cc12. The average molecular weight is 349 g/mol. The molecular formula is C17H21BrN2O. The van der Waals surface area contributed by atoms with E-state index in [9.17, 15) is 4.79 Å². The van der Waals surface area contributed by atoms with Gasteiger partial charge in [-0.1, -0.05) is 54.5 Å². The molecule has 1 saturated carbocycles. The first-order valence-electron chi connectivity index (χ1n) is 7.93. The number of hydrogen-bond acceptors (Lipinski definition) is 2. The van der Waals surface area contributed by atoms with Gasteiger partial charge >= 0.3 is 0 Å². The molecule has 112 valence electrons. The second-order valence-electron chi connectivity index (χ2n) is 6.01. The molecule has 0 spiro atoms. The molecule has 3 rings (SSSR count). The molecule has 4 heteroatoms. The molecule has 0 atom stereocenters. The van der Waals surface area contributed by atoms with E-state index in [1.54, 1.807) is 0 Å². The molecule has 1 aliphatic carbocycles. The molecule has 2 aromatic rings. The molecule has 0 amide bonds. The van der Waals surface area contributed by atoms with Gasteiger partial charge in [0, 0.05) is 10.4 Å². The van der Waals surface area contributed by atoms with Crippen LogP contribution in [0.4, 0.5) is 0 Å². The zero-order chi connectivity index (χ0) is 14.7. The topological polar surface area (TPSA) is 45.8 Å². The Labute approximate surface area is 133 Å². The lowest BCUT2D eigenvalue weighted by Crippen LogP contribution is -2.15. The number of rotatable bonds is 1. The lowest BCUT2D eigenvalue weighted by molar-refractivity contribution is 0.516. The van der Waals surface area contributed by atoms with Crippen molar-refractivity contribution >= 4 is 26.8 Å². The summed E-state index contributed by atoms with van der Waals surface area (Å²) in [5.74, 6) is 1.29. The van der Waals surface area contributed by atoms with Crippen LogP contribution in [0.1, 0.15) is 63.1 Å². The molecule has 0 saturated heterocycles. The summed E-state index contributed by atoms with van der Waals surface area (Å²) in [6.07, 6.45) is 10.1. The Morgan fingerprint density at radius 3 is 2.43 bits per heavy atom. The molecule has 1 aromatic carbocycles. The highest BCUT2D eigenvalue weighted by Gasteiger charge is 2.16. The van der Waals surface area contributed by atoms with Crippen molar-refractivity contribution in [3.8, 4) is 0 Å². The van der Waals surface area contributed by atoms with Crippen molar-refractivity contribution in [2.45, 2.75) is 57.3 Å². The Hall–Kier alpha value is -1.16. The van der Waals surface area contributed by atoms with Crippen molar-refractivity contribution in [3.05, 3.63) is 38.9 Å². The van der Waals surface area contributed by atoms with Crippen LogP contribution in [0, 0.1) is 0 Å². The fourth-order valence-electron chi connectivity index (χ4n) is 3.23. The third kappa shape index (κ3) is 3.54. The van der Waals surface area contributed by atoms with Gasteiger partial charge in [0.2, 0.25) is 0 Å². The number of halogens is 1. The number of H-pyrrole nitrogens is 1. The van der Waals surface area contributed by atoms with Gasteiger partial charge in [-0.05, 0) is 31.0 Å². The summed E-state index contributed by atoms with van der Waals surface area (Å²) in [5.41, 5.74) is 0.785. The van der Waals surface area contributed by atoms with Crippen LogP contribution in [-0.4, -0.2) is 9.97 Å². The van der Waals surface area contributed by atoms with Crippen molar-refractivity contribution in [1.82, 2.24) is 9.97 Å². The van der Waals surface area contributed by atoms with Crippen molar-refractivity contribution in [2.24, 2.45) is 0 Å². The minimum absolute atomic E-state index is 0.0174. The van der Waals surface area contributed by atoms with E-state index < -0.39 is 0 Å². The highest BCUT2D eigenvalue weighted by molar-refractivity contribution is 9.10. The number of aromatic amines is 1. The minimum atomic E-state index is -0.0174. The Bertz CT molecular complexity index is 670. The van der Waals surface area contributed by atoms with Crippen LogP contribution in [-0.2, 0) is 0 Å². The molecule has 1 heterocycles. The number of hydrogen-bond donors (Lipinski definition) is 1. The van der Waals surface area contributed by atoms with E-state index in [1.165, 1.54) is 38.5 Å². The lowest BCUT2D eigenvalue weighted by atomic mass is 9.96. The lowest BCUT2D eigenvalue weighted by Gasteiger charge is -2.15. The highest BCUT2D eigenvalue weighted by Crippen LogP contribution is 2.28. The van der Waals surface area contributed by atoms with Gasteiger partial charge in [0.1, 0.15) is 5.82 Å². The van der Waals surface area contributed by atoms with E-state index in [-0.39, 0.29) is 5.56 Å². The fourth-order valence-corrected chi connectivity index (χ4v) is 3.59. The Kier molecular flexibility index (Phi) is 4.73. The van der Waals surface area contributed by atoms with E-state index in [1.807, 2.05) is 18.2 Å². The molecule has 1 aliphatic rings. The fraction of sp³-hybridized carbons (Fsp3) is 0.529. The third-order valence-corrected chi connectivity index (χ3v) is 4.92. The highest BCUT2D eigenvalue weighted by atomic mass is 79.9. The summed E-state index contributed by atoms with van der Waals surface area (Å²) in [7, 11) is 0. The van der Waals surface area contributed by atoms with Crippen LogP contribution in [0.3, 0.4) is 0 Å². The minimum Gasteiger partial charge on any atom is -0.310 e. The summed E-state index contributed by atoms with van der Waals surface area (Å²) < 4.78 is 0.914. The van der Waals surface area contributed by atoms with E-state index >= 15 is 0 Å². The van der Waals surface area contributed by atoms with E-state index in [4.69, 9.17) is 4.98 Å². The smallest absolute Gasteiger partial charge is 0.258 e. The first-order valence-corrected chi connectivity index (χ1v) is 8.73. The van der Waals surface area contributed by atoms with Crippen LogP contribution in [0.5, 0.6) is 0 Å². The second kappa shape index (κ2) is 6.73. The van der Waals surface area contributed by atoms with Crippen LogP contribution in [0.15, 0.2) is 27.5 Å². The number of aromatic nitrogens is 2. The molecule has 0 unspecified atom stereocenters. The van der Waals surface area contributed by atoms with Gasteiger partial charge < -0.3 is 4.98 Å². The zero-order valence-electron chi connectivity index (χ0n) is 12.2. The van der Waals surface area contributed by atoms with Gasteiger partial charge in [0.25, 0.3) is 5.56 Å². The van der Waals surface area contributed by atoms with Crippen molar-refractivity contribution in [1.29, 1.82) is 0 Å². The summed E-state index contributed by atoms with van der Waals surface area (Å²) >= 11 is 3.41. The molecule has 0 bridgehead atoms. The van der Waals surface area contributed by atoms with Crippen molar-refractivity contribution in [3.63, 3.8) is 0 Å². The zero-order valence-corrected chi connectivity index (χ0v) is 13.8. The summed E-state index contributed by atoms with van der Waals surface area (Å²) in [5, 5.41) is 0.663. The van der Waals surface area contributed by atoms with E-state index in [0.29, 0.717) is 11.3 Å². The molecule has 0 aliphatic heterocycles. The molecule has 1 aromatic heterocycles. The van der Waals surface area contributed by atoms with Gasteiger partial charge in [-0.2, -0.15) is 0 Å². The number of benzene rings is 1. The van der Waals surface area contributed by atoms with Crippen molar-refractivity contribution in [2.75, 3.05) is 0 Å². The maximum atomic E-state index is 12.3. The maximum absolute atomic E-state index is 12.3. The van der Waals surface area contributed by atoms with Crippen LogP contribution in [0.25, 0.3) is 10.9 Å². The Morgan fingerprint density at radius 1 is 1.05 bits per heavy atom. The largest absolute Gasteiger partial charge is 0.310 e. The molecule has 1 N–H and O–H groups in total. The van der Waals surface area contributed by atoms with E-state index in [2.05, 4.69) is 20.9 Å². The van der Waals surface area contributed by atoms with Gasteiger partial charge in [-0.25, -0.2) is 4.98 Å². The summed E-state index contributed by atoms with van der Waals surface area (Å²) in [6.45, 7) is 0. The first-order chi connectivity index (χ1) is 10.2. The Balaban J connectivity index is 1.95. The molecule has 21 heavy (non-hydrogen) atoms. The number of fused-ring (bicyclic) bond motifs is 1. The average Bonchev–Trinajstić information content (AvgIpc) is 2.61. The maximum Gasteiger partial charge on any atom is 0.258 e. The molecular weight excluding hydrogens is 328 g/mol. The third-order valence-electron chi connectivity index (χ3n) is 4.43. The molecule has 0 radical (unpaired) electrons. The summed E-state index contributed by atoms with van der Waals surface area (Å²) in [6, 6.07) is 5.71. The predicted molar refractivity (Wildman–Crippen MR) is 89.7 cm³/mol. The second-order valence-corrected chi connectivity index (χ2v) is 6.92. The molecule has 3 nitrogen and oxygen atoms in total.